The van der Waals surface area contributed by atoms with Gasteiger partial charge in [0.2, 0.25) is 0 Å². The van der Waals surface area contributed by atoms with Gasteiger partial charge >= 0.3 is 0 Å². The van der Waals surface area contributed by atoms with Crippen molar-refractivity contribution in [1.29, 1.82) is 0 Å². The van der Waals surface area contributed by atoms with Crippen LogP contribution < -0.4 is 0 Å². The summed E-state index contributed by atoms with van der Waals surface area (Å²) >= 11 is 0.407. The normalized spacial score (nSPS) is 13.5. The molecular formula is C2H9NS. The van der Waals surface area contributed by atoms with Gasteiger partial charge in [0.25, 0.3) is 0 Å². The molecule has 0 rings (SSSR count). The smallest absolute Gasteiger partial charge is 0.0321 e. The Morgan fingerprint density at radius 3 is 2.00 bits per heavy atom. The van der Waals surface area contributed by atoms with E-state index >= 15 is 0 Å². The lowest BCUT2D eigenvalue weighted by Crippen LogP contribution is -1.43. The largest absolute Gasteiger partial charge is 0.294 e. The summed E-state index contributed by atoms with van der Waals surface area (Å²) in [5, 5.41) is 0. The second-order valence-corrected chi connectivity index (χ2v) is 1.55. The lowest BCUT2D eigenvalue weighted by Gasteiger charge is -1.59. The average molecular weight is 79.2 g/mol. The van der Waals surface area contributed by atoms with Crippen LogP contribution in [0.2, 0.25) is 0 Å². The molecule has 28 valence electrons. The van der Waals surface area contributed by atoms with E-state index in [0.717, 1.165) is 0 Å². The van der Waals surface area contributed by atoms with Gasteiger partial charge < -0.3 is 0 Å². The molecular weight excluding hydrogens is 70.1 g/mol. The highest BCUT2D eigenvalue weighted by molar-refractivity contribution is 7.67. The molecule has 0 unspecified atom stereocenters. The highest BCUT2D eigenvalue weighted by Crippen LogP contribution is 1.42. The Morgan fingerprint density at radius 2 is 2.00 bits per heavy atom. The zero-order valence-corrected chi connectivity index (χ0v) is 4.18. The Kier molecular flexibility index (Phi) is 3.27. The lowest BCUT2D eigenvalue weighted by molar-refractivity contribution is 1.52. The third-order valence-electron chi connectivity index (χ3n) is 0.258. The third kappa shape index (κ3) is 2.15. The second kappa shape index (κ2) is 3.15. The fraction of sp³-hybridized carbons (Fsp3) is 1.00. The summed E-state index contributed by atoms with van der Waals surface area (Å²) in [6.45, 7) is 0. The van der Waals surface area contributed by atoms with Gasteiger partial charge in [-0.1, -0.05) is 0 Å². The number of nitrogens with zero attached hydrogens (tertiary/aromatic N) is 1. The molecule has 1 nitrogen and oxygen atoms in total. The molecule has 4 heavy (non-hydrogen) atoms. The van der Waals surface area contributed by atoms with Crippen LogP contribution in [0.3, 0.4) is 0 Å². The van der Waals surface area contributed by atoms with E-state index in [0.29, 0.717) is 11.6 Å². The van der Waals surface area contributed by atoms with Crippen molar-refractivity contribution in [1.82, 2.24) is 0 Å². The molecule has 0 atom stereocenters. The monoisotopic (exact) mass is 79.0 g/mol. The van der Waals surface area contributed by atoms with E-state index in [1.165, 1.54) is 0 Å². The minimum Gasteiger partial charge on any atom is -0.294 e. The van der Waals surface area contributed by atoms with Crippen LogP contribution in [0, 0.1) is 0 Å². The van der Waals surface area contributed by atoms with Gasteiger partial charge in [0.15, 0.2) is 0 Å². The maximum Gasteiger partial charge on any atom is 0.0321 e. The van der Waals surface area contributed by atoms with Crippen LogP contribution in [0.15, 0.2) is 4.36 Å². The minimum atomic E-state index is 0.407. The summed E-state index contributed by atoms with van der Waals surface area (Å²) < 4.78 is 3.82. The van der Waals surface area contributed by atoms with E-state index in [4.69, 9.17) is 0 Å². The van der Waals surface area contributed by atoms with Crippen LogP contribution in [0.4, 0.5) is 0 Å². The van der Waals surface area contributed by atoms with E-state index < -0.39 is 0 Å². The van der Waals surface area contributed by atoms with E-state index in [-0.39, 0.29) is 0 Å². The third-order valence-corrected chi connectivity index (χ3v) is 0.775. The fourth-order valence-electron chi connectivity index (χ4n) is 0. The van der Waals surface area contributed by atoms with E-state index in [1.807, 2.05) is 7.05 Å². The van der Waals surface area contributed by atoms with E-state index in [1.54, 1.807) is 0 Å². The summed E-state index contributed by atoms with van der Waals surface area (Å²) in [5.41, 5.74) is 0. The Balaban J connectivity index is 2.55. The molecule has 0 amide bonds. The molecule has 0 aromatic heterocycles. The molecule has 0 radical (unpaired) electrons. The topological polar surface area (TPSA) is 12.4 Å². The SMILES string of the molecule is CN=[SH3]C. The first kappa shape index (κ1) is 4.15. The van der Waals surface area contributed by atoms with Crippen molar-refractivity contribution in [3.05, 3.63) is 0 Å². The average Bonchev–Trinajstić information content (AvgIpc) is 1.37. The van der Waals surface area contributed by atoms with Crippen molar-refractivity contribution in [3.63, 3.8) is 0 Å². The summed E-state index contributed by atoms with van der Waals surface area (Å²) in [4.78, 5) is 0. The number of hydrogen-bond acceptors (Lipinski definition) is 1. The number of hydrogen-bond donors (Lipinski definition) is 0. The van der Waals surface area contributed by atoms with Crippen molar-refractivity contribution < 1.29 is 0 Å². The molecule has 0 fully saturated rings. The molecule has 0 spiro atoms. The summed E-state index contributed by atoms with van der Waals surface area (Å²) in [5.74, 6) is 0. The zero-order valence-electron chi connectivity index (χ0n) is 3.02. The molecule has 0 saturated carbocycles. The second-order valence-electron chi connectivity index (χ2n) is 0.516. The van der Waals surface area contributed by atoms with Crippen LogP contribution in [0.5, 0.6) is 0 Å². The highest BCUT2D eigenvalue weighted by atomic mass is 32.1. The van der Waals surface area contributed by atoms with Gasteiger partial charge in [0.1, 0.15) is 0 Å². The Morgan fingerprint density at radius 1 is 1.75 bits per heavy atom. The van der Waals surface area contributed by atoms with Crippen molar-refractivity contribution in [2.75, 3.05) is 13.3 Å². The van der Waals surface area contributed by atoms with Crippen LogP contribution >= 0.6 is 0 Å². The summed E-state index contributed by atoms with van der Waals surface area (Å²) in [7, 11) is 1.84. The van der Waals surface area contributed by atoms with Gasteiger partial charge in [0.05, 0.1) is 0 Å². The van der Waals surface area contributed by atoms with Gasteiger partial charge in [-0.05, 0) is 6.26 Å². The quantitative estimate of drug-likeness (QED) is 0.378. The molecule has 0 aromatic rings. The minimum absolute atomic E-state index is 0.407. The van der Waals surface area contributed by atoms with Crippen molar-refractivity contribution >= 4 is 11.6 Å². The summed E-state index contributed by atoms with van der Waals surface area (Å²) in [6, 6.07) is 0. The number of rotatable bonds is 0. The van der Waals surface area contributed by atoms with Crippen LogP contribution in [0.25, 0.3) is 0 Å². The van der Waals surface area contributed by atoms with Crippen molar-refractivity contribution in [2.24, 2.45) is 4.36 Å². The molecule has 2 heteroatoms. The van der Waals surface area contributed by atoms with Crippen LogP contribution in [0.1, 0.15) is 0 Å². The maximum atomic E-state index is 3.82. The molecule has 0 N–H and O–H groups in total. The predicted octanol–water partition coefficient (Wildman–Crippen LogP) is -0.291. The van der Waals surface area contributed by atoms with Crippen LogP contribution in [-0.4, -0.2) is 13.3 Å². The lowest BCUT2D eigenvalue weighted by atomic mass is 11.6. The van der Waals surface area contributed by atoms with Gasteiger partial charge in [-0.25, -0.2) is 11.6 Å². The Labute approximate surface area is 30.2 Å². The molecule has 0 saturated heterocycles. The first-order chi connectivity index (χ1) is 1.91. The van der Waals surface area contributed by atoms with Crippen molar-refractivity contribution in [2.45, 2.75) is 0 Å². The van der Waals surface area contributed by atoms with Gasteiger partial charge in [-0.15, -0.1) is 0 Å². The molecule has 0 aliphatic heterocycles. The van der Waals surface area contributed by atoms with E-state index in [9.17, 15) is 0 Å². The standard InChI is InChI=1S/C2H9NS/c1-3-4-2/h1-2,4H3. The zero-order chi connectivity index (χ0) is 3.41. The van der Waals surface area contributed by atoms with E-state index in [2.05, 4.69) is 10.6 Å². The predicted molar refractivity (Wildman–Crippen MR) is 25.8 cm³/mol. The highest BCUT2D eigenvalue weighted by Gasteiger charge is 1.25. The first-order valence-electron chi connectivity index (χ1n) is 1.28. The van der Waals surface area contributed by atoms with Crippen molar-refractivity contribution in [3.8, 4) is 0 Å². The van der Waals surface area contributed by atoms with Gasteiger partial charge in [-0.3, -0.25) is 4.36 Å². The Hall–Kier alpha value is 0.150. The maximum absolute atomic E-state index is 3.82. The summed E-state index contributed by atoms with van der Waals surface area (Å²) in [6.07, 6.45) is 2.10. The Bertz CT molecular complexity index is 21.2. The fourth-order valence-corrected chi connectivity index (χ4v) is 0. The molecule has 0 aliphatic rings. The molecule has 0 heterocycles. The van der Waals surface area contributed by atoms with Gasteiger partial charge in [0, 0.05) is 7.05 Å². The molecule has 0 aliphatic carbocycles. The molecule has 0 aromatic carbocycles. The molecule has 0 bridgehead atoms. The van der Waals surface area contributed by atoms with Gasteiger partial charge in [-0.2, -0.15) is 0 Å². The van der Waals surface area contributed by atoms with Crippen LogP contribution in [-0.2, 0) is 11.6 Å². The first-order valence-corrected chi connectivity index (χ1v) is 2.95.